The molecule has 2 N–H and O–H groups in total. The van der Waals surface area contributed by atoms with Crippen molar-refractivity contribution in [3.8, 4) is 23.3 Å². The van der Waals surface area contributed by atoms with Crippen molar-refractivity contribution in [2.45, 2.75) is 6.54 Å². The average molecular weight is 382 g/mol. The minimum Gasteiger partial charge on any atom is -0.496 e. The van der Waals surface area contributed by atoms with Crippen LogP contribution in [0.3, 0.4) is 0 Å². The molecule has 0 saturated heterocycles. The zero-order valence-electron chi connectivity index (χ0n) is 14.5. The number of aromatic nitrogens is 1. The van der Waals surface area contributed by atoms with E-state index in [2.05, 4.69) is 9.98 Å². The Kier molecular flexibility index (Phi) is 5.59. The maximum Gasteiger partial charge on any atom is 0.210 e. The number of guanidine groups is 1. The SMILES string of the molecule is COc1cc(/N=C(\N)N(C#N)Cc2cccc(Cl)c2)ccc1-c1cnco1. The van der Waals surface area contributed by atoms with Crippen molar-refractivity contribution in [3.63, 3.8) is 0 Å². The first kappa shape index (κ1) is 18.3. The molecule has 0 aliphatic carbocycles. The summed E-state index contributed by atoms with van der Waals surface area (Å²) in [5.74, 6) is 1.20. The number of nitrogens with two attached hydrogens (primary N) is 1. The Morgan fingerprint density at radius 2 is 2.22 bits per heavy atom. The lowest BCUT2D eigenvalue weighted by Gasteiger charge is -2.15. The lowest BCUT2D eigenvalue weighted by atomic mass is 10.1. The van der Waals surface area contributed by atoms with Crippen LogP contribution in [0.25, 0.3) is 11.3 Å². The Labute approximate surface area is 161 Å². The number of methoxy groups -OCH3 is 1. The van der Waals surface area contributed by atoms with E-state index in [-0.39, 0.29) is 12.5 Å². The second-order valence-electron chi connectivity index (χ2n) is 5.54. The maximum absolute atomic E-state index is 9.41. The molecule has 1 heterocycles. The standard InChI is InChI=1S/C19H16ClN5O2/c1-26-17-8-15(5-6-16(17)18-9-23-12-27-18)24-19(22)25(11-21)10-13-3-2-4-14(20)7-13/h2-9,12H,10H2,1H3,(H2,22,24). The fourth-order valence-corrected chi connectivity index (χ4v) is 2.69. The van der Waals surface area contributed by atoms with E-state index in [0.29, 0.717) is 22.2 Å². The summed E-state index contributed by atoms with van der Waals surface area (Å²) in [6.45, 7) is 0.264. The molecule has 0 fully saturated rings. The van der Waals surface area contributed by atoms with Crippen LogP contribution >= 0.6 is 11.6 Å². The highest BCUT2D eigenvalue weighted by molar-refractivity contribution is 6.30. The predicted octanol–water partition coefficient (Wildman–Crippen LogP) is 3.93. The highest BCUT2D eigenvalue weighted by Gasteiger charge is 2.12. The van der Waals surface area contributed by atoms with Gasteiger partial charge in [0.1, 0.15) is 5.75 Å². The zero-order valence-corrected chi connectivity index (χ0v) is 15.2. The average Bonchev–Trinajstić information content (AvgIpc) is 3.20. The van der Waals surface area contributed by atoms with Gasteiger partial charge in [0.25, 0.3) is 0 Å². The Balaban J connectivity index is 1.85. The van der Waals surface area contributed by atoms with Gasteiger partial charge in [-0.2, -0.15) is 5.26 Å². The molecule has 0 radical (unpaired) electrons. The maximum atomic E-state index is 9.41. The summed E-state index contributed by atoms with van der Waals surface area (Å²) in [4.78, 5) is 9.50. The molecule has 0 unspecified atom stereocenters. The van der Waals surface area contributed by atoms with E-state index in [1.165, 1.54) is 11.3 Å². The summed E-state index contributed by atoms with van der Waals surface area (Å²) in [6, 6.07) is 12.5. The summed E-state index contributed by atoms with van der Waals surface area (Å²) < 4.78 is 10.7. The van der Waals surface area contributed by atoms with Crippen LogP contribution in [0.2, 0.25) is 5.02 Å². The van der Waals surface area contributed by atoms with Gasteiger partial charge in [-0.05, 0) is 29.8 Å². The van der Waals surface area contributed by atoms with Crippen LogP contribution in [-0.4, -0.2) is 23.0 Å². The van der Waals surface area contributed by atoms with Gasteiger partial charge in [0, 0.05) is 11.1 Å². The number of hydrogen-bond donors (Lipinski definition) is 1. The molecule has 8 heteroatoms. The monoisotopic (exact) mass is 381 g/mol. The van der Waals surface area contributed by atoms with Gasteiger partial charge >= 0.3 is 0 Å². The van der Waals surface area contributed by atoms with Crippen LogP contribution in [0.4, 0.5) is 5.69 Å². The zero-order chi connectivity index (χ0) is 19.2. The molecule has 0 saturated carbocycles. The topological polar surface area (TPSA) is 101 Å². The number of ether oxygens (including phenoxy) is 1. The molecule has 0 bridgehead atoms. The van der Waals surface area contributed by atoms with Crippen molar-refractivity contribution >= 4 is 23.2 Å². The van der Waals surface area contributed by atoms with Gasteiger partial charge in [-0.3, -0.25) is 0 Å². The summed E-state index contributed by atoms with van der Waals surface area (Å²) in [7, 11) is 1.55. The molecule has 3 aromatic rings. The van der Waals surface area contributed by atoms with Crippen LogP contribution in [0.5, 0.6) is 5.75 Å². The molecule has 7 nitrogen and oxygen atoms in total. The van der Waals surface area contributed by atoms with Crippen molar-refractivity contribution in [1.82, 2.24) is 9.88 Å². The van der Waals surface area contributed by atoms with E-state index in [4.69, 9.17) is 26.5 Å². The van der Waals surface area contributed by atoms with Gasteiger partial charge in [-0.15, -0.1) is 0 Å². The minimum atomic E-state index is 0.0620. The van der Waals surface area contributed by atoms with Gasteiger partial charge in [0.05, 0.1) is 31.1 Å². The van der Waals surface area contributed by atoms with E-state index < -0.39 is 0 Å². The molecule has 0 aliphatic heterocycles. The molecule has 136 valence electrons. The number of oxazole rings is 1. The second-order valence-corrected chi connectivity index (χ2v) is 5.97. The van der Waals surface area contributed by atoms with E-state index >= 15 is 0 Å². The van der Waals surface area contributed by atoms with E-state index in [0.717, 1.165) is 11.1 Å². The molecular weight excluding hydrogens is 366 g/mol. The van der Waals surface area contributed by atoms with Crippen LogP contribution in [0.15, 0.2) is 64.5 Å². The van der Waals surface area contributed by atoms with Gasteiger partial charge < -0.3 is 14.9 Å². The van der Waals surface area contributed by atoms with Crippen LogP contribution in [0.1, 0.15) is 5.56 Å². The number of hydrogen-bond acceptors (Lipinski definition) is 5. The first-order valence-corrected chi connectivity index (χ1v) is 8.31. The van der Waals surface area contributed by atoms with Crippen LogP contribution in [0, 0.1) is 11.5 Å². The quantitative estimate of drug-likeness (QED) is 0.311. The molecule has 0 aliphatic rings. The van der Waals surface area contributed by atoms with E-state index in [9.17, 15) is 5.26 Å². The number of benzene rings is 2. The molecule has 27 heavy (non-hydrogen) atoms. The fraction of sp³-hybridized carbons (Fsp3) is 0.105. The largest absolute Gasteiger partial charge is 0.496 e. The highest BCUT2D eigenvalue weighted by Crippen LogP contribution is 2.33. The fourth-order valence-electron chi connectivity index (χ4n) is 2.48. The third-order valence-corrected chi connectivity index (χ3v) is 3.99. The van der Waals surface area contributed by atoms with Crippen molar-refractivity contribution in [2.24, 2.45) is 10.7 Å². The second kappa shape index (κ2) is 8.25. The normalized spacial score (nSPS) is 11.1. The third-order valence-electron chi connectivity index (χ3n) is 3.75. The summed E-state index contributed by atoms with van der Waals surface area (Å²) in [5.41, 5.74) is 8.15. The number of rotatable bonds is 5. The van der Waals surface area contributed by atoms with E-state index in [1.54, 1.807) is 43.6 Å². The molecule has 0 spiro atoms. The molecule has 0 atom stereocenters. The lowest BCUT2D eigenvalue weighted by Crippen LogP contribution is -2.32. The lowest BCUT2D eigenvalue weighted by molar-refractivity contribution is 0.415. The Morgan fingerprint density at radius 3 is 2.89 bits per heavy atom. The summed E-state index contributed by atoms with van der Waals surface area (Å²) >= 11 is 5.98. The molecular formula is C19H16ClN5O2. The Hall–Kier alpha value is -3.50. The summed E-state index contributed by atoms with van der Waals surface area (Å²) in [6.07, 6.45) is 4.97. The van der Waals surface area contributed by atoms with Gasteiger partial charge in [-0.25, -0.2) is 14.9 Å². The smallest absolute Gasteiger partial charge is 0.210 e. The molecule has 3 rings (SSSR count). The third kappa shape index (κ3) is 4.37. The van der Waals surface area contributed by atoms with Gasteiger partial charge in [0.2, 0.25) is 5.96 Å². The number of nitriles is 1. The Bertz CT molecular complexity index is 996. The number of nitrogens with zero attached hydrogens (tertiary/aromatic N) is 4. The first-order valence-electron chi connectivity index (χ1n) is 7.93. The minimum absolute atomic E-state index is 0.0620. The molecule has 1 aromatic heterocycles. The Morgan fingerprint density at radius 1 is 1.37 bits per heavy atom. The molecule has 0 amide bonds. The van der Waals surface area contributed by atoms with Crippen molar-refractivity contribution < 1.29 is 9.15 Å². The first-order chi connectivity index (χ1) is 13.1. The highest BCUT2D eigenvalue weighted by atomic mass is 35.5. The predicted molar refractivity (Wildman–Crippen MR) is 102 cm³/mol. The van der Waals surface area contributed by atoms with Gasteiger partial charge in [0.15, 0.2) is 18.3 Å². The van der Waals surface area contributed by atoms with Crippen molar-refractivity contribution in [3.05, 3.63) is 65.6 Å². The van der Waals surface area contributed by atoms with Crippen molar-refractivity contribution in [2.75, 3.05) is 7.11 Å². The van der Waals surface area contributed by atoms with Crippen molar-refractivity contribution in [1.29, 1.82) is 5.26 Å². The van der Waals surface area contributed by atoms with Gasteiger partial charge in [-0.1, -0.05) is 23.7 Å². The van der Waals surface area contributed by atoms with Crippen LogP contribution < -0.4 is 10.5 Å². The number of halogens is 1. The summed E-state index contributed by atoms with van der Waals surface area (Å²) in [5, 5.41) is 10.0. The molecule has 2 aromatic carbocycles. The number of aliphatic imine (C=N–C) groups is 1. The van der Waals surface area contributed by atoms with E-state index in [1.807, 2.05) is 18.3 Å². The van der Waals surface area contributed by atoms with Crippen LogP contribution in [-0.2, 0) is 6.54 Å².